The van der Waals surface area contributed by atoms with E-state index in [2.05, 4.69) is 5.10 Å². The molecule has 0 unspecified atom stereocenters. The van der Waals surface area contributed by atoms with Crippen LogP contribution in [0, 0.1) is 0 Å². The van der Waals surface area contributed by atoms with E-state index >= 15 is 0 Å². The molecule has 2 rings (SSSR count). The lowest BCUT2D eigenvalue weighted by Crippen LogP contribution is -2.11. The van der Waals surface area contributed by atoms with Crippen molar-refractivity contribution in [1.29, 1.82) is 0 Å². The molecule has 0 amide bonds. The summed E-state index contributed by atoms with van der Waals surface area (Å²) >= 11 is 0. The van der Waals surface area contributed by atoms with Crippen LogP contribution in [0.5, 0.6) is 0 Å². The van der Waals surface area contributed by atoms with Gasteiger partial charge in [-0.05, 0) is 19.3 Å². The minimum Gasteiger partial charge on any atom is -0.396 e. The quantitative estimate of drug-likeness (QED) is 0.574. The molecule has 10 heavy (non-hydrogen) atoms. The Morgan fingerprint density at radius 1 is 1.50 bits per heavy atom. The highest BCUT2D eigenvalue weighted by atomic mass is 15.3. The largest absolute Gasteiger partial charge is 0.396 e. The van der Waals surface area contributed by atoms with Gasteiger partial charge in [-0.2, -0.15) is 5.10 Å². The Morgan fingerprint density at radius 2 is 2.40 bits per heavy atom. The summed E-state index contributed by atoms with van der Waals surface area (Å²) in [6, 6.07) is 0. The minimum absolute atomic E-state index is 0.861. The van der Waals surface area contributed by atoms with Gasteiger partial charge >= 0.3 is 0 Å². The zero-order chi connectivity index (χ0) is 6.97. The van der Waals surface area contributed by atoms with Crippen LogP contribution >= 0.6 is 0 Å². The van der Waals surface area contributed by atoms with Crippen LogP contribution in [-0.4, -0.2) is 9.78 Å². The van der Waals surface area contributed by atoms with Gasteiger partial charge in [-0.15, -0.1) is 0 Å². The van der Waals surface area contributed by atoms with Crippen LogP contribution in [0.25, 0.3) is 0 Å². The van der Waals surface area contributed by atoms with Gasteiger partial charge < -0.3 is 5.73 Å². The molecule has 54 valence electrons. The summed E-state index contributed by atoms with van der Waals surface area (Å²) in [5, 5.41) is 4.15. The Hall–Kier alpha value is -0.990. The van der Waals surface area contributed by atoms with Crippen LogP contribution in [0.2, 0.25) is 0 Å². The number of nitrogen functional groups attached to an aromatic ring is 1. The standard InChI is InChI=1S/C7H11N3/c8-6-5-9-10-4-2-1-3-7(6)10/h5H,1-4,8H2. The summed E-state index contributed by atoms with van der Waals surface area (Å²) in [5.74, 6) is 0. The Morgan fingerprint density at radius 3 is 3.20 bits per heavy atom. The van der Waals surface area contributed by atoms with E-state index in [-0.39, 0.29) is 0 Å². The Balaban J connectivity index is 2.45. The number of hydrogen-bond donors (Lipinski definition) is 1. The van der Waals surface area contributed by atoms with Crippen molar-refractivity contribution < 1.29 is 0 Å². The number of hydrogen-bond acceptors (Lipinski definition) is 2. The third-order valence-electron chi connectivity index (χ3n) is 2.01. The van der Waals surface area contributed by atoms with Gasteiger partial charge in [-0.25, -0.2) is 0 Å². The molecule has 0 atom stereocenters. The molecule has 3 nitrogen and oxygen atoms in total. The van der Waals surface area contributed by atoms with Crippen molar-refractivity contribution in [3.63, 3.8) is 0 Å². The van der Waals surface area contributed by atoms with Gasteiger partial charge in [0.2, 0.25) is 0 Å². The third-order valence-corrected chi connectivity index (χ3v) is 2.01. The van der Waals surface area contributed by atoms with Gasteiger partial charge in [0, 0.05) is 6.54 Å². The van der Waals surface area contributed by atoms with Crippen molar-refractivity contribution in [2.45, 2.75) is 25.8 Å². The second kappa shape index (κ2) is 2.01. The number of fused-ring (bicyclic) bond motifs is 1. The molecule has 1 aromatic heterocycles. The van der Waals surface area contributed by atoms with Crippen molar-refractivity contribution in [2.24, 2.45) is 0 Å². The van der Waals surface area contributed by atoms with Crippen molar-refractivity contribution >= 4 is 5.69 Å². The average Bonchev–Trinajstić information content (AvgIpc) is 2.34. The predicted molar refractivity (Wildman–Crippen MR) is 39.6 cm³/mol. The number of anilines is 1. The first-order valence-electron chi connectivity index (χ1n) is 3.68. The van der Waals surface area contributed by atoms with Gasteiger partial charge in [-0.1, -0.05) is 0 Å². The van der Waals surface area contributed by atoms with Crippen molar-refractivity contribution in [3.05, 3.63) is 11.9 Å². The number of aryl methyl sites for hydroxylation is 1. The van der Waals surface area contributed by atoms with E-state index in [1.807, 2.05) is 4.68 Å². The molecule has 0 aromatic carbocycles. The van der Waals surface area contributed by atoms with E-state index in [0.717, 1.165) is 18.7 Å². The Labute approximate surface area is 59.8 Å². The fourth-order valence-corrected chi connectivity index (χ4v) is 1.45. The van der Waals surface area contributed by atoms with Gasteiger partial charge in [0.1, 0.15) is 0 Å². The van der Waals surface area contributed by atoms with Crippen molar-refractivity contribution in [3.8, 4) is 0 Å². The van der Waals surface area contributed by atoms with E-state index in [4.69, 9.17) is 5.73 Å². The summed E-state index contributed by atoms with van der Waals surface area (Å²) in [5.41, 5.74) is 7.77. The van der Waals surface area contributed by atoms with Crippen molar-refractivity contribution in [1.82, 2.24) is 9.78 Å². The predicted octanol–water partition coefficient (Wildman–Crippen LogP) is 0.802. The van der Waals surface area contributed by atoms with E-state index in [1.165, 1.54) is 18.5 Å². The highest BCUT2D eigenvalue weighted by Gasteiger charge is 2.11. The van der Waals surface area contributed by atoms with Crippen LogP contribution in [0.1, 0.15) is 18.5 Å². The summed E-state index contributed by atoms with van der Waals surface area (Å²) in [6.07, 6.45) is 5.36. The number of aromatic nitrogens is 2. The number of nitrogens with zero attached hydrogens (tertiary/aromatic N) is 2. The monoisotopic (exact) mass is 137 g/mol. The second-order valence-corrected chi connectivity index (χ2v) is 2.73. The van der Waals surface area contributed by atoms with Crippen LogP contribution in [0.4, 0.5) is 5.69 Å². The van der Waals surface area contributed by atoms with Gasteiger partial charge in [-0.3, -0.25) is 4.68 Å². The molecular formula is C7H11N3. The first-order chi connectivity index (χ1) is 4.88. The molecule has 0 spiro atoms. The van der Waals surface area contributed by atoms with E-state index in [9.17, 15) is 0 Å². The van der Waals surface area contributed by atoms with Crippen LogP contribution in [0.15, 0.2) is 6.20 Å². The molecule has 3 heteroatoms. The normalized spacial score (nSPS) is 16.8. The summed E-state index contributed by atoms with van der Waals surface area (Å²) < 4.78 is 2.01. The highest BCUT2D eigenvalue weighted by Crippen LogP contribution is 2.18. The van der Waals surface area contributed by atoms with E-state index < -0.39 is 0 Å². The molecule has 2 heterocycles. The Bertz CT molecular complexity index is 239. The Kier molecular flexibility index (Phi) is 1.16. The van der Waals surface area contributed by atoms with Gasteiger partial charge in [0.25, 0.3) is 0 Å². The first kappa shape index (κ1) is 5.77. The third kappa shape index (κ3) is 0.701. The summed E-state index contributed by atoms with van der Waals surface area (Å²) in [6.45, 7) is 1.05. The average molecular weight is 137 g/mol. The highest BCUT2D eigenvalue weighted by molar-refractivity contribution is 5.41. The lowest BCUT2D eigenvalue weighted by molar-refractivity contribution is 0.487. The zero-order valence-electron chi connectivity index (χ0n) is 5.88. The molecule has 0 saturated carbocycles. The number of nitrogens with two attached hydrogens (primary N) is 1. The second-order valence-electron chi connectivity index (χ2n) is 2.73. The zero-order valence-corrected chi connectivity index (χ0v) is 5.88. The maximum absolute atomic E-state index is 5.68. The van der Waals surface area contributed by atoms with E-state index in [1.54, 1.807) is 6.20 Å². The summed E-state index contributed by atoms with van der Waals surface area (Å²) in [7, 11) is 0. The molecule has 0 bridgehead atoms. The topological polar surface area (TPSA) is 43.8 Å². The molecule has 1 aromatic rings. The number of rotatable bonds is 0. The SMILES string of the molecule is Nc1cnn2c1CCCC2. The fraction of sp³-hybridized carbons (Fsp3) is 0.571. The minimum atomic E-state index is 0.861. The summed E-state index contributed by atoms with van der Waals surface area (Å²) in [4.78, 5) is 0. The molecular weight excluding hydrogens is 126 g/mol. The first-order valence-corrected chi connectivity index (χ1v) is 3.68. The maximum atomic E-state index is 5.68. The van der Waals surface area contributed by atoms with Crippen LogP contribution in [0.3, 0.4) is 0 Å². The van der Waals surface area contributed by atoms with Crippen LogP contribution in [-0.2, 0) is 13.0 Å². The van der Waals surface area contributed by atoms with Crippen LogP contribution < -0.4 is 5.73 Å². The molecule has 0 radical (unpaired) electrons. The molecule has 1 aliphatic rings. The molecule has 1 aliphatic heterocycles. The smallest absolute Gasteiger partial charge is 0.0733 e. The fourth-order valence-electron chi connectivity index (χ4n) is 1.45. The van der Waals surface area contributed by atoms with E-state index in [0.29, 0.717) is 0 Å². The van der Waals surface area contributed by atoms with Crippen molar-refractivity contribution in [2.75, 3.05) is 5.73 Å². The lowest BCUT2D eigenvalue weighted by atomic mass is 10.1. The van der Waals surface area contributed by atoms with Gasteiger partial charge in [0.15, 0.2) is 0 Å². The molecule has 0 aliphatic carbocycles. The maximum Gasteiger partial charge on any atom is 0.0733 e. The molecule has 0 fully saturated rings. The van der Waals surface area contributed by atoms with Gasteiger partial charge in [0.05, 0.1) is 17.6 Å². The lowest BCUT2D eigenvalue weighted by Gasteiger charge is -2.12. The molecule has 2 N–H and O–H groups in total. The molecule has 0 saturated heterocycles.